The van der Waals surface area contributed by atoms with E-state index in [0.29, 0.717) is 11.5 Å². The molecule has 8 heteroatoms. The molecule has 0 unspecified atom stereocenters. The van der Waals surface area contributed by atoms with Gasteiger partial charge in [-0.2, -0.15) is 13.2 Å². The molecule has 0 saturated heterocycles. The van der Waals surface area contributed by atoms with Crippen LogP contribution in [-0.4, -0.2) is 28.2 Å². The first-order valence-electron chi connectivity index (χ1n) is 9.02. The lowest BCUT2D eigenvalue weighted by atomic mass is 10.1. The zero-order valence-corrected chi connectivity index (χ0v) is 15.6. The van der Waals surface area contributed by atoms with Crippen molar-refractivity contribution in [3.8, 4) is 17.0 Å². The summed E-state index contributed by atoms with van der Waals surface area (Å²) in [7, 11) is 0. The fraction of sp³-hybridized carbons (Fsp3) is 0.238. The van der Waals surface area contributed by atoms with E-state index < -0.39 is 17.8 Å². The summed E-state index contributed by atoms with van der Waals surface area (Å²) in [6.07, 6.45) is -4.04. The number of hydrogen-bond acceptors (Lipinski definition) is 5. The molecule has 5 nitrogen and oxygen atoms in total. The first-order valence-corrected chi connectivity index (χ1v) is 9.02. The Morgan fingerprint density at radius 2 is 1.83 bits per heavy atom. The van der Waals surface area contributed by atoms with Crippen LogP contribution in [-0.2, 0) is 6.18 Å². The van der Waals surface area contributed by atoms with Gasteiger partial charge in [-0.3, -0.25) is 0 Å². The lowest BCUT2D eigenvalue weighted by Gasteiger charge is -2.15. The molecule has 2 aromatic carbocycles. The van der Waals surface area contributed by atoms with Crippen LogP contribution in [0.25, 0.3) is 11.3 Å². The normalized spacial score (nSPS) is 12.4. The molecule has 0 spiro atoms. The molecule has 3 aromatic rings. The van der Waals surface area contributed by atoms with Gasteiger partial charge in [-0.15, -0.1) is 0 Å². The molecule has 1 aromatic heterocycles. The number of halogens is 3. The second-order valence-electron chi connectivity index (χ2n) is 6.24. The molecular formula is C21H20F3N3O2. The average Bonchev–Trinajstić information content (AvgIpc) is 2.72. The van der Waals surface area contributed by atoms with Gasteiger partial charge in [0.2, 0.25) is 0 Å². The Kier molecular flexibility index (Phi) is 6.33. The van der Waals surface area contributed by atoms with Crippen molar-refractivity contribution in [2.45, 2.75) is 19.2 Å². The van der Waals surface area contributed by atoms with E-state index in [-0.39, 0.29) is 24.5 Å². The zero-order valence-electron chi connectivity index (χ0n) is 15.6. The second kappa shape index (κ2) is 8.91. The molecule has 0 radical (unpaired) electrons. The molecule has 0 aliphatic rings. The predicted octanol–water partition coefficient (Wildman–Crippen LogP) is 4.71. The van der Waals surface area contributed by atoms with E-state index >= 15 is 0 Å². The second-order valence-corrected chi connectivity index (χ2v) is 6.24. The predicted molar refractivity (Wildman–Crippen MR) is 104 cm³/mol. The number of hydrogen-bond donors (Lipinski definition) is 2. The van der Waals surface area contributed by atoms with Gasteiger partial charge < -0.3 is 15.2 Å². The zero-order chi connectivity index (χ0) is 20.9. The van der Waals surface area contributed by atoms with Crippen molar-refractivity contribution in [1.29, 1.82) is 0 Å². The first-order chi connectivity index (χ1) is 13.9. The minimum absolute atomic E-state index is 0.133. The molecule has 0 bridgehead atoms. The van der Waals surface area contributed by atoms with Crippen molar-refractivity contribution in [1.82, 2.24) is 9.97 Å². The number of nitrogens with zero attached hydrogens (tertiary/aromatic N) is 2. The van der Waals surface area contributed by atoms with E-state index in [4.69, 9.17) is 4.74 Å². The molecule has 1 heterocycles. The summed E-state index contributed by atoms with van der Waals surface area (Å²) in [6, 6.07) is 14.5. The maximum absolute atomic E-state index is 13.4. The van der Waals surface area contributed by atoms with Crippen LogP contribution in [0.3, 0.4) is 0 Å². The SMILES string of the molecule is CCOc1ccc(-c2cc(NC[C@H](O)c3ccccc3)ncn2)cc1C(F)(F)F. The van der Waals surface area contributed by atoms with Gasteiger partial charge in [-0.25, -0.2) is 9.97 Å². The topological polar surface area (TPSA) is 67.3 Å². The summed E-state index contributed by atoms with van der Waals surface area (Å²) in [5, 5.41) is 13.2. The van der Waals surface area contributed by atoms with Crippen LogP contribution in [0.5, 0.6) is 5.75 Å². The summed E-state index contributed by atoms with van der Waals surface area (Å²) in [6.45, 7) is 1.95. The van der Waals surface area contributed by atoms with Gasteiger partial charge in [0.05, 0.1) is 24.0 Å². The van der Waals surface area contributed by atoms with Gasteiger partial charge in [0.25, 0.3) is 0 Å². The van der Waals surface area contributed by atoms with E-state index in [2.05, 4.69) is 15.3 Å². The quantitative estimate of drug-likeness (QED) is 0.598. The fourth-order valence-electron chi connectivity index (χ4n) is 2.80. The molecule has 0 aliphatic heterocycles. The maximum atomic E-state index is 13.4. The van der Waals surface area contributed by atoms with Crippen LogP contribution in [0, 0.1) is 0 Å². The largest absolute Gasteiger partial charge is 0.493 e. The number of nitrogens with one attached hydrogen (secondary N) is 1. The highest BCUT2D eigenvalue weighted by Gasteiger charge is 2.34. The third-order valence-corrected chi connectivity index (χ3v) is 4.21. The monoisotopic (exact) mass is 403 g/mol. The van der Waals surface area contributed by atoms with Crippen LogP contribution in [0.2, 0.25) is 0 Å². The number of aliphatic hydroxyl groups is 1. The Labute approximate surface area is 166 Å². The van der Waals surface area contributed by atoms with Gasteiger partial charge in [0.1, 0.15) is 17.9 Å². The van der Waals surface area contributed by atoms with Crippen LogP contribution >= 0.6 is 0 Å². The number of benzene rings is 2. The van der Waals surface area contributed by atoms with Crippen LogP contribution in [0.15, 0.2) is 60.9 Å². The molecule has 2 N–H and O–H groups in total. The van der Waals surface area contributed by atoms with E-state index in [1.165, 1.54) is 24.5 Å². The lowest BCUT2D eigenvalue weighted by molar-refractivity contribution is -0.138. The molecule has 29 heavy (non-hydrogen) atoms. The Hall–Kier alpha value is -3.13. The van der Waals surface area contributed by atoms with Gasteiger partial charge in [0.15, 0.2) is 0 Å². The Morgan fingerprint density at radius 3 is 2.52 bits per heavy atom. The van der Waals surface area contributed by atoms with Crippen molar-refractivity contribution < 1.29 is 23.0 Å². The van der Waals surface area contributed by atoms with Gasteiger partial charge >= 0.3 is 6.18 Å². The standard InChI is InChI=1S/C21H20F3N3O2/c1-2-29-19-9-8-15(10-16(19)21(22,23)24)17-11-20(27-13-26-17)25-12-18(28)14-6-4-3-5-7-14/h3-11,13,18,28H,2,12H2,1H3,(H,25,26,27)/t18-/m0/s1. The van der Waals surface area contributed by atoms with Crippen LogP contribution < -0.4 is 10.1 Å². The van der Waals surface area contributed by atoms with Crippen LogP contribution in [0.4, 0.5) is 19.0 Å². The van der Waals surface area contributed by atoms with Crippen LogP contribution in [0.1, 0.15) is 24.2 Å². The smallest absolute Gasteiger partial charge is 0.419 e. The van der Waals surface area contributed by atoms with Crippen molar-refractivity contribution in [2.75, 3.05) is 18.5 Å². The lowest BCUT2D eigenvalue weighted by Crippen LogP contribution is -2.13. The molecular weight excluding hydrogens is 383 g/mol. The molecule has 1 atom stereocenters. The summed E-state index contributed by atoms with van der Waals surface area (Å²) < 4.78 is 45.2. The van der Waals surface area contributed by atoms with Gasteiger partial charge in [-0.1, -0.05) is 30.3 Å². The Balaban J connectivity index is 1.80. The third-order valence-electron chi connectivity index (χ3n) is 4.21. The Bertz CT molecular complexity index is 949. The maximum Gasteiger partial charge on any atom is 0.419 e. The van der Waals surface area contributed by atoms with E-state index in [1.54, 1.807) is 19.1 Å². The number of rotatable bonds is 7. The minimum Gasteiger partial charge on any atom is -0.493 e. The molecule has 3 rings (SSSR count). The molecule has 0 saturated carbocycles. The van der Waals surface area contributed by atoms with E-state index in [0.717, 1.165) is 11.6 Å². The van der Waals surface area contributed by atoms with Crippen molar-refractivity contribution >= 4 is 5.82 Å². The summed E-state index contributed by atoms with van der Waals surface area (Å²) >= 11 is 0. The number of ether oxygens (including phenoxy) is 1. The van der Waals surface area contributed by atoms with E-state index in [1.807, 2.05) is 18.2 Å². The highest BCUT2D eigenvalue weighted by Crippen LogP contribution is 2.38. The highest BCUT2D eigenvalue weighted by molar-refractivity contribution is 5.65. The number of aromatic nitrogens is 2. The van der Waals surface area contributed by atoms with Crippen molar-refractivity contribution in [3.05, 3.63) is 72.1 Å². The van der Waals surface area contributed by atoms with Gasteiger partial charge in [-0.05, 0) is 30.7 Å². The summed E-state index contributed by atoms with van der Waals surface area (Å²) in [4.78, 5) is 8.14. The highest BCUT2D eigenvalue weighted by atomic mass is 19.4. The molecule has 0 amide bonds. The summed E-state index contributed by atoms with van der Waals surface area (Å²) in [5.41, 5.74) is 0.500. The third kappa shape index (κ3) is 5.23. The molecule has 0 fully saturated rings. The minimum atomic E-state index is -4.55. The number of anilines is 1. The number of alkyl halides is 3. The fourth-order valence-corrected chi connectivity index (χ4v) is 2.80. The molecule has 0 aliphatic carbocycles. The molecule has 152 valence electrons. The first kappa shape index (κ1) is 20.6. The van der Waals surface area contributed by atoms with E-state index in [9.17, 15) is 18.3 Å². The van der Waals surface area contributed by atoms with Crippen molar-refractivity contribution in [2.24, 2.45) is 0 Å². The Morgan fingerprint density at radius 1 is 1.07 bits per heavy atom. The summed E-state index contributed by atoms with van der Waals surface area (Å²) in [5.74, 6) is 0.176. The average molecular weight is 403 g/mol. The van der Waals surface area contributed by atoms with Gasteiger partial charge in [0, 0.05) is 18.2 Å². The van der Waals surface area contributed by atoms with Crippen molar-refractivity contribution in [3.63, 3.8) is 0 Å². The number of aliphatic hydroxyl groups excluding tert-OH is 1.